The zero-order valence-corrected chi connectivity index (χ0v) is 11.4. The Hall–Kier alpha value is -1.02. The van der Waals surface area contributed by atoms with Crippen LogP contribution in [0.1, 0.15) is 27.7 Å². The molecule has 0 aliphatic heterocycles. The highest BCUT2D eigenvalue weighted by Gasteiger charge is 2.26. The number of anilines is 1. The number of quaternary nitrogens is 1. The van der Waals surface area contributed by atoms with E-state index in [9.17, 15) is 0 Å². The van der Waals surface area contributed by atoms with Crippen molar-refractivity contribution in [1.82, 2.24) is 4.48 Å². The molecule has 16 heavy (non-hydrogen) atoms. The summed E-state index contributed by atoms with van der Waals surface area (Å²) in [6, 6.07) is 9.61. The molecule has 0 spiro atoms. The third-order valence-electron chi connectivity index (χ3n) is 3.26. The molecule has 0 atom stereocenters. The number of nitrogens with zero attached hydrogens (tertiary/aromatic N) is 1. The minimum Gasteiger partial charge on any atom is -0.378 e. The Bertz CT molecular complexity index is 340. The predicted octanol–water partition coefficient (Wildman–Crippen LogP) is 3.48. The summed E-state index contributed by atoms with van der Waals surface area (Å²) in [4.78, 5) is 0. The number of benzene rings is 1. The van der Waals surface area contributed by atoms with Gasteiger partial charge in [0.25, 0.3) is 0 Å². The molecule has 1 aromatic carbocycles. The molecule has 0 aliphatic carbocycles. The molecule has 0 aliphatic rings. The van der Waals surface area contributed by atoms with Gasteiger partial charge in [0.05, 0.1) is 25.8 Å². The van der Waals surface area contributed by atoms with Crippen LogP contribution in [0.3, 0.4) is 0 Å². The van der Waals surface area contributed by atoms with Crippen LogP contribution in [-0.4, -0.2) is 26.2 Å². The van der Waals surface area contributed by atoms with Crippen LogP contribution in [0, 0.1) is 0 Å². The fourth-order valence-electron chi connectivity index (χ4n) is 1.69. The number of hydrogen-bond donors (Lipinski definition) is 1. The largest absolute Gasteiger partial charge is 0.378 e. The van der Waals surface area contributed by atoms with E-state index in [0.29, 0.717) is 12.1 Å². The molecule has 1 rings (SSSR count). The molecule has 0 heterocycles. The molecule has 0 unspecified atom stereocenters. The average molecular weight is 221 g/mol. The van der Waals surface area contributed by atoms with Crippen molar-refractivity contribution in [3.8, 4) is 0 Å². The SMILES string of the molecule is CC(C)Nc1ccccc1[N+](C)(C)C(C)C. The maximum Gasteiger partial charge on any atom is 0.156 e. The normalized spacial score (nSPS) is 12.2. The molecule has 0 bridgehead atoms. The summed E-state index contributed by atoms with van der Waals surface area (Å²) in [6.07, 6.45) is 0. The van der Waals surface area contributed by atoms with Crippen molar-refractivity contribution in [2.45, 2.75) is 39.8 Å². The van der Waals surface area contributed by atoms with Crippen LogP contribution >= 0.6 is 0 Å². The number of para-hydroxylation sites is 2. The maximum absolute atomic E-state index is 3.52. The lowest BCUT2D eigenvalue weighted by atomic mass is 10.1. The molecular formula is C14H25N2+. The average Bonchev–Trinajstić information content (AvgIpc) is 2.17. The van der Waals surface area contributed by atoms with Gasteiger partial charge in [-0.3, -0.25) is 4.48 Å². The Kier molecular flexibility index (Phi) is 3.98. The summed E-state index contributed by atoms with van der Waals surface area (Å²) < 4.78 is 0.899. The molecule has 0 amide bonds. The molecule has 2 heteroatoms. The molecular weight excluding hydrogens is 196 g/mol. The van der Waals surface area contributed by atoms with Crippen molar-refractivity contribution in [3.05, 3.63) is 24.3 Å². The number of nitrogens with one attached hydrogen (secondary N) is 1. The van der Waals surface area contributed by atoms with E-state index in [0.717, 1.165) is 4.48 Å². The Morgan fingerprint density at radius 2 is 1.56 bits per heavy atom. The Morgan fingerprint density at radius 1 is 1.00 bits per heavy atom. The fourth-order valence-corrected chi connectivity index (χ4v) is 1.69. The van der Waals surface area contributed by atoms with Crippen molar-refractivity contribution in [3.63, 3.8) is 0 Å². The van der Waals surface area contributed by atoms with E-state index in [2.05, 4.69) is 71.4 Å². The van der Waals surface area contributed by atoms with E-state index in [4.69, 9.17) is 0 Å². The fraction of sp³-hybridized carbons (Fsp3) is 0.571. The third-order valence-corrected chi connectivity index (χ3v) is 3.26. The standard InChI is InChI=1S/C14H25N2/c1-11(2)15-13-9-7-8-10-14(13)16(5,6)12(3)4/h7-12,15H,1-6H3/q+1. The van der Waals surface area contributed by atoms with Crippen LogP contribution in [0.2, 0.25) is 0 Å². The van der Waals surface area contributed by atoms with Gasteiger partial charge in [-0.05, 0) is 33.8 Å². The van der Waals surface area contributed by atoms with Crippen molar-refractivity contribution < 1.29 is 0 Å². The van der Waals surface area contributed by atoms with Crippen LogP contribution in [0.5, 0.6) is 0 Å². The first-order valence-electron chi connectivity index (χ1n) is 6.05. The summed E-state index contributed by atoms with van der Waals surface area (Å²) >= 11 is 0. The van der Waals surface area contributed by atoms with Gasteiger partial charge in [0, 0.05) is 12.1 Å². The third kappa shape index (κ3) is 2.76. The van der Waals surface area contributed by atoms with Crippen molar-refractivity contribution in [1.29, 1.82) is 0 Å². The molecule has 2 nitrogen and oxygen atoms in total. The van der Waals surface area contributed by atoms with E-state index in [-0.39, 0.29) is 0 Å². The lowest BCUT2D eigenvalue weighted by molar-refractivity contribution is 0.330. The van der Waals surface area contributed by atoms with E-state index < -0.39 is 0 Å². The zero-order chi connectivity index (χ0) is 12.3. The monoisotopic (exact) mass is 221 g/mol. The summed E-state index contributed by atoms with van der Waals surface area (Å²) in [7, 11) is 4.51. The molecule has 0 saturated carbocycles. The smallest absolute Gasteiger partial charge is 0.156 e. The van der Waals surface area contributed by atoms with Gasteiger partial charge in [0.1, 0.15) is 0 Å². The molecule has 0 saturated heterocycles. The second-order valence-corrected chi connectivity index (χ2v) is 5.45. The van der Waals surface area contributed by atoms with Gasteiger partial charge in [0.2, 0.25) is 0 Å². The summed E-state index contributed by atoms with van der Waals surface area (Å²) in [5.74, 6) is 0. The molecule has 0 aromatic heterocycles. The minimum absolute atomic E-state index is 0.466. The van der Waals surface area contributed by atoms with Crippen molar-refractivity contribution >= 4 is 11.4 Å². The first-order valence-corrected chi connectivity index (χ1v) is 6.05. The van der Waals surface area contributed by atoms with Gasteiger partial charge in [-0.15, -0.1) is 0 Å². The Morgan fingerprint density at radius 3 is 2.06 bits per heavy atom. The van der Waals surface area contributed by atoms with E-state index in [1.54, 1.807) is 0 Å². The van der Waals surface area contributed by atoms with Crippen LogP contribution < -0.4 is 9.80 Å². The van der Waals surface area contributed by atoms with Gasteiger partial charge in [0.15, 0.2) is 5.69 Å². The van der Waals surface area contributed by atoms with Gasteiger partial charge >= 0.3 is 0 Å². The van der Waals surface area contributed by atoms with E-state index >= 15 is 0 Å². The van der Waals surface area contributed by atoms with Gasteiger partial charge < -0.3 is 5.32 Å². The van der Waals surface area contributed by atoms with E-state index in [1.807, 2.05) is 0 Å². The summed E-state index contributed by atoms with van der Waals surface area (Å²) in [5, 5.41) is 3.52. The Labute approximate surface area is 99.9 Å². The molecule has 0 radical (unpaired) electrons. The summed E-state index contributed by atoms with van der Waals surface area (Å²) in [5.41, 5.74) is 2.60. The second kappa shape index (κ2) is 4.88. The van der Waals surface area contributed by atoms with Crippen LogP contribution in [0.4, 0.5) is 11.4 Å². The predicted molar refractivity (Wildman–Crippen MR) is 74.0 cm³/mol. The van der Waals surface area contributed by atoms with Gasteiger partial charge in [-0.25, -0.2) is 0 Å². The molecule has 1 N–H and O–H groups in total. The highest BCUT2D eigenvalue weighted by atomic mass is 15.3. The highest BCUT2D eigenvalue weighted by molar-refractivity contribution is 5.68. The number of rotatable bonds is 4. The number of hydrogen-bond acceptors (Lipinski definition) is 1. The topological polar surface area (TPSA) is 12.0 Å². The van der Waals surface area contributed by atoms with Crippen molar-refractivity contribution in [2.75, 3.05) is 19.4 Å². The first kappa shape index (κ1) is 13.0. The zero-order valence-electron chi connectivity index (χ0n) is 11.4. The Balaban J connectivity index is 3.12. The quantitative estimate of drug-likeness (QED) is 0.768. The van der Waals surface area contributed by atoms with Gasteiger partial charge in [-0.1, -0.05) is 12.1 Å². The molecule has 0 fully saturated rings. The lowest BCUT2D eigenvalue weighted by Crippen LogP contribution is -2.47. The van der Waals surface area contributed by atoms with Gasteiger partial charge in [-0.2, -0.15) is 0 Å². The highest BCUT2D eigenvalue weighted by Crippen LogP contribution is 2.31. The molecule has 1 aromatic rings. The first-order chi connectivity index (χ1) is 7.35. The summed E-state index contributed by atoms with van der Waals surface area (Å²) in [6.45, 7) is 8.86. The second-order valence-electron chi connectivity index (χ2n) is 5.45. The van der Waals surface area contributed by atoms with Crippen LogP contribution in [0.15, 0.2) is 24.3 Å². The van der Waals surface area contributed by atoms with Crippen LogP contribution in [-0.2, 0) is 0 Å². The maximum atomic E-state index is 3.52. The van der Waals surface area contributed by atoms with Crippen LogP contribution in [0.25, 0.3) is 0 Å². The minimum atomic E-state index is 0.466. The van der Waals surface area contributed by atoms with E-state index in [1.165, 1.54) is 11.4 Å². The lowest BCUT2D eigenvalue weighted by Gasteiger charge is -2.35. The molecule has 90 valence electrons. The van der Waals surface area contributed by atoms with Crippen molar-refractivity contribution in [2.24, 2.45) is 0 Å².